The molecule has 146 valence electrons. The molecule has 0 atom stereocenters. The molecule has 0 saturated carbocycles. The van der Waals surface area contributed by atoms with Crippen LogP contribution in [-0.2, 0) is 17.9 Å². The summed E-state index contributed by atoms with van der Waals surface area (Å²) in [5.41, 5.74) is 1.47. The molecule has 1 aromatic heterocycles. The molecule has 0 aliphatic carbocycles. The maximum Gasteiger partial charge on any atom is 0.262 e. The minimum Gasteiger partial charge on any atom is -0.497 e. The van der Waals surface area contributed by atoms with E-state index in [1.165, 1.54) is 11.8 Å². The van der Waals surface area contributed by atoms with Crippen molar-refractivity contribution in [2.75, 3.05) is 12.9 Å². The fraction of sp³-hybridized carbons (Fsp3) is 0.250. The second-order valence-electron chi connectivity index (χ2n) is 6.02. The van der Waals surface area contributed by atoms with E-state index in [4.69, 9.17) is 4.74 Å². The van der Waals surface area contributed by atoms with Crippen LogP contribution in [0.25, 0.3) is 10.9 Å². The number of rotatable bonds is 7. The SMILES string of the molecule is CCn1c(SCC(=O)NCc2cccc(OC)c2)nc2ccc(Br)cc2c1=O. The third kappa shape index (κ3) is 4.74. The molecule has 0 saturated heterocycles. The molecule has 0 radical (unpaired) electrons. The molecule has 2 aromatic carbocycles. The maximum absolute atomic E-state index is 12.7. The fourth-order valence-corrected chi connectivity index (χ4v) is 3.98. The highest BCUT2D eigenvalue weighted by Gasteiger charge is 2.12. The normalized spacial score (nSPS) is 10.8. The zero-order valence-corrected chi connectivity index (χ0v) is 18.0. The number of hydrogen-bond acceptors (Lipinski definition) is 5. The van der Waals surface area contributed by atoms with E-state index in [0.29, 0.717) is 29.1 Å². The molecule has 0 unspecified atom stereocenters. The molecule has 28 heavy (non-hydrogen) atoms. The van der Waals surface area contributed by atoms with Crippen LogP contribution >= 0.6 is 27.7 Å². The van der Waals surface area contributed by atoms with E-state index >= 15 is 0 Å². The highest BCUT2D eigenvalue weighted by molar-refractivity contribution is 9.10. The van der Waals surface area contributed by atoms with Gasteiger partial charge in [0.1, 0.15) is 5.75 Å². The second-order valence-corrected chi connectivity index (χ2v) is 7.88. The van der Waals surface area contributed by atoms with Gasteiger partial charge in [0.15, 0.2) is 5.16 Å². The third-order valence-corrected chi connectivity index (χ3v) is 5.62. The van der Waals surface area contributed by atoms with Crippen LogP contribution in [0.1, 0.15) is 12.5 Å². The van der Waals surface area contributed by atoms with E-state index in [-0.39, 0.29) is 17.2 Å². The van der Waals surface area contributed by atoms with Crippen molar-refractivity contribution in [2.45, 2.75) is 25.2 Å². The first-order valence-corrected chi connectivity index (χ1v) is 10.5. The summed E-state index contributed by atoms with van der Waals surface area (Å²) in [6.07, 6.45) is 0. The van der Waals surface area contributed by atoms with Gasteiger partial charge in [0.25, 0.3) is 5.56 Å². The lowest BCUT2D eigenvalue weighted by atomic mass is 10.2. The molecule has 0 aliphatic heterocycles. The first-order valence-electron chi connectivity index (χ1n) is 8.74. The standard InChI is InChI=1S/C20H20BrN3O3S/c1-3-24-19(26)16-10-14(21)7-8-17(16)23-20(24)28-12-18(25)22-11-13-5-4-6-15(9-13)27-2/h4-10H,3,11-12H2,1-2H3,(H,22,25). The van der Waals surface area contributed by atoms with Gasteiger partial charge in [-0.1, -0.05) is 39.8 Å². The lowest BCUT2D eigenvalue weighted by molar-refractivity contribution is -0.118. The Morgan fingerprint density at radius 1 is 1.29 bits per heavy atom. The lowest BCUT2D eigenvalue weighted by Crippen LogP contribution is -2.26. The Labute approximate surface area is 175 Å². The molecule has 1 N–H and O–H groups in total. The molecule has 6 nitrogen and oxygen atoms in total. The van der Waals surface area contributed by atoms with Crippen LogP contribution in [0.15, 0.2) is 56.9 Å². The number of nitrogens with zero attached hydrogens (tertiary/aromatic N) is 2. The van der Waals surface area contributed by atoms with Crippen LogP contribution in [0, 0.1) is 0 Å². The van der Waals surface area contributed by atoms with Crippen LogP contribution in [0.5, 0.6) is 5.75 Å². The van der Waals surface area contributed by atoms with Gasteiger partial charge < -0.3 is 10.1 Å². The van der Waals surface area contributed by atoms with Crippen molar-refractivity contribution in [1.82, 2.24) is 14.9 Å². The number of methoxy groups -OCH3 is 1. The number of thioether (sulfide) groups is 1. The van der Waals surface area contributed by atoms with Crippen LogP contribution in [-0.4, -0.2) is 28.3 Å². The molecule has 3 rings (SSSR count). The largest absolute Gasteiger partial charge is 0.497 e. The minimum absolute atomic E-state index is 0.104. The number of aromatic nitrogens is 2. The molecular weight excluding hydrogens is 442 g/mol. The smallest absolute Gasteiger partial charge is 0.262 e. The molecule has 0 bridgehead atoms. The average molecular weight is 462 g/mol. The Morgan fingerprint density at radius 2 is 2.11 bits per heavy atom. The van der Waals surface area contributed by atoms with Gasteiger partial charge in [0.05, 0.1) is 23.8 Å². The summed E-state index contributed by atoms with van der Waals surface area (Å²) in [4.78, 5) is 29.5. The quantitative estimate of drug-likeness (QED) is 0.429. The van der Waals surface area contributed by atoms with E-state index in [2.05, 4.69) is 26.2 Å². The van der Waals surface area contributed by atoms with E-state index in [0.717, 1.165) is 15.8 Å². The van der Waals surface area contributed by atoms with Gasteiger partial charge in [-0.25, -0.2) is 4.98 Å². The number of ether oxygens (including phenoxy) is 1. The molecule has 0 fully saturated rings. The number of carbonyl (C=O) groups excluding carboxylic acids is 1. The van der Waals surface area contributed by atoms with E-state index < -0.39 is 0 Å². The monoisotopic (exact) mass is 461 g/mol. The molecule has 1 amide bonds. The van der Waals surface area contributed by atoms with E-state index in [9.17, 15) is 9.59 Å². The van der Waals surface area contributed by atoms with Crippen molar-refractivity contribution in [3.8, 4) is 5.75 Å². The van der Waals surface area contributed by atoms with Gasteiger partial charge in [-0.15, -0.1) is 0 Å². The van der Waals surface area contributed by atoms with Gasteiger partial charge in [-0.3, -0.25) is 14.2 Å². The van der Waals surface area contributed by atoms with Crippen LogP contribution in [0.4, 0.5) is 0 Å². The third-order valence-electron chi connectivity index (χ3n) is 4.15. The molecule has 8 heteroatoms. The Kier molecular flexibility index (Phi) is 6.74. The van der Waals surface area contributed by atoms with Crippen molar-refractivity contribution in [2.24, 2.45) is 0 Å². The maximum atomic E-state index is 12.7. The Bertz CT molecular complexity index is 1070. The van der Waals surface area contributed by atoms with Crippen molar-refractivity contribution in [3.63, 3.8) is 0 Å². The molecule has 0 aliphatic rings. The van der Waals surface area contributed by atoms with Crippen molar-refractivity contribution >= 4 is 44.5 Å². The number of halogens is 1. The number of fused-ring (bicyclic) bond motifs is 1. The van der Waals surface area contributed by atoms with Crippen LogP contribution < -0.4 is 15.6 Å². The Hall–Kier alpha value is -2.32. The minimum atomic E-state index is -0.124. The van der Waals surface area contributed by atoms with Gasteiger partial charge in [0, 0.05) is 17.6 Å². The number of nitrogens with one attached hydrogen (secondary N) is 1. The van der Waals surface area contributed by atoms with Crippen LogP contribution in [0.2, 0.25) is 0 Å². The number of benzene rings is 2. The van der Waals surface area contributed by atoms with Crippen LogP contribution in [0.3, 0.4) is 0 Å². The molecule has 0 spiro atoms. The molecular formula is C20H20BrN3O3S. The highest BCUT2D eigenvalue weighted by atomic mass is 79.9. The summed E-state index contributed by atoms with van der Waals surface area (Å²) in [7, 11) is 1.61. The first-order chi connectivity index (χ1) is 13.5. The second kappa shape index (κ2) is 9.25. The summed E-state index contributed by atoms with van der Waals surface area (Å²) in [6.45, 7) is 2.79. The zero-order valence-electron chi connectivity index (χ0n) is 15.6. The predicted molar refractivity (Wildman–Crippen MR) is 115 cm³/mol. The van der Waals surface area contributed by atoms with Crippen molar-refractivity contribution in [1.29, 1.82) is 0 Å². The highest BCUT2D eigenvalue weighted by Crippen LogP contribution is 2.20. The summed E-state index contributed by atoms with van der Waals surface area (Å²) in [5, 5.41) is 3.98. The van der Waals surface area contributed by atoms with Crippen molar-refractivity contribution < 1.29 is 9.53 Å². The van der Waals surface area contributed by atoms with Gasteiger partial charge in [-0.2, -0.15) is 0 Å². The Morgan fingerprint density at radius 3 is 2.86 bits per heavy atom. The first kappa shape index (κ1) is 20.4. The van der Waals surface area contributed by atoms with Gasteiger partial charge in [-0.05, 0) is 42.8 Å². The molecule has 1 heterocycles. The molecule has 3 aromatic rings. The summed E-state index contributed by atoms with van der Waals surface area (Å²) >= 11 is 4.64. The van der Waals surface area contributed by atoms with E-state index in [1.807, 2.05) is 37.3 Å². The summed E-state index contributed by atoms with van der Waals surface area (Å²) in [6, 6.07) is 13.0. The van der Waals surface area contributed by atoms with Gasteiger partial charge in [0.2, 0.25) is 5.91 Å². The number of amides is 1. The Balaban J connectivity index is 1.69. The summed E-state index contributed by atoms with van der Waals surface area (Å²) in [5.74, 6) is 0.805. The van der Waals surface area contributed by atoms with Crippen molar-refractivity contribution in [3.05, 3.63) is 62.9 Å². The topological polar surface area (TPSA) is 73.2 Å². The predicted octanol–water partition coefficient (Wildman–Crippen LogP) is 3.60. The number of carbonyl (C=O) groups is 1. The lowest BCUT2D eigenvalue weighted by Gasteiger charge is -2.11. The fourth-order valence-electron chi connectivity index (χ4n) is 2.73. The number of hydrogen-bond donors (Lipinski definition) is 1. The summed E-state index contributed by atoms with van der Waals surface area (Å²) < 4.78 is 7.61. The van der Waals surface area contributed by atoms with E-state index in [1.54, 1.807) is 23.8 Å². The van der Waals surface area contributed by atoms with Gasteiger partial charge >= 0.3 is 0 Å². The average Bonchev–Trinajstić information content (AvgIpc) is 2.71. The zero-order chi connectivity index (χ0) is 20.1.